The molecule has 0 radical (unpaired) electrons. The number of halogens is 2. The average molecular weight is 536 g/mol. The Balaban J connectivity index is 2.23. The Bertz CT molecular complexity index is 306. The molecule has 1 saturated carbocycles. The van der Waals surface area contributed by atoms with E-state index < -0.39 is 0 Å². The molecule has 22 heavy (non-hydrogen) atoms. The maximum Gasteiger partial charge on any atom is 0.306 e. The van der Waals surface area contributed by atoms with Crippen LogP contribution in [0.2, 0.25) is 0 Å². The predicted molar refractivity (Wildman–Crippen MR) is 104 cm³/mol. The van der Waals surface area contributed by atoms with Gasteiger partial charge in [-0.3, -0.25) is 9.59 Å². The maximum atomic E-state index is 11.8. The molecule has 0 aromatic carbocycles. The zero-order chi connectivity index (χ0) is 16.2. The van der Waals surface area contributed by atoms with E-state index in [-0.39, 0.29) is 24.1 Å². The topological polar surface area (TPSA) is 52.6 Å². The van der Waals surface area contributed by atoms with E-state index in [1.54, 1.807) is 0 Å². The Hall–Kier alpha value is 0.400. The van der Waals surface area contributed by atoms with Gasteiger partial charge in [0.15, 0.2) is 0 Å². The summed E-state index contributed by atoms with van der Waals surface area (Å²) in [6, 6.07) is 0. The van der Waals surface area contributed by atoms with E-state index in [1.807, 2.05) is 0 Å². The third kappa shape index (κ3) is 9.52. The monoisotopic (exact) mass is 536 g/mol. The lowest BCUT2D eigenvalue weighted by Crippen LogP contribution is -2.31. The second kappa shape index (κ2) is 12.8. The molecular formula is C16H26I2O4. The fourth-order valence-electron chi connectivity index (χ4n) is 2.53. The van der Waals surface area contributed by atoms with Gasteiger partial charge in [-0.15, -0.1) is 0 Å². The van der Waals surface area contributed by atoms with Gasteiger partial charge in [-0.2, -0.15) is 0 Å². The van der Waals surface area contributed by atoms with Crippen molar-refractivity contribution in [2.75, 3.05) is 8.86 Å². The van der Waals surface area contributed by atoms with Gasteiger partial charge in [-0.05, 0) is 53.8 Å². The van der Waals surface area contributed by atoms with Gasteiger partial charge < -0.3 is 9.47 Å². The number of rotatable bonds is 10. The Morgan fingerprint density at radius 3 is 1.68 bits per heavy atom. The zero-order valence-electron chi connectivity index (χ0n) is 13.0. The fraction of sp³-hybridized carbons (Fsp3) is 0.875. The van der Waals surface area contributed by atoms with Crippen molar-refractivity contribution in [1.29, 1.82) is 0 Å². The summed E-state index contributed by atoms with van der Waals surface area (Å²) in [7, 11) is 0. The number of hydrogen-bond donors (Lipinski definition) is 0. The lowest BCUT2D eigenvalue weighted by molar-refractivity contribution is -0.158. The molecule has 0 aromatic rings. The normalized spacial score (nSPS) is 21.4. The van der Waals surface area contributed by atoms with E-state index in [2.05, 4.69) is 45.2 Å². The van der Waals surface area contributed by atoms with Crippen LogP contribution in [0.15, 0.2) is 0 Å². The van der Waals surface area contributed by atoms with Crippen molar-refractivity contribution >= 4 is 57.1 Å². The van der Waals surface area contributed by atoms with Gasteiger partial charge in [0.2, 0.25) is 0 Å². The molecule has 1 aliphatic rings. The average Bonchev–Trinajstić information content (AvgIpc) is 2.48. The number of hydrogen-bond acceptors (Lipinski definition) is 4. The molecule has 1 rings (SSSR count). The molecule has 2 atom stereocenters. The highest BCUT2D eigenvalue weighted by Gasteiger charge is 2.27. The first-order valence-corrected chi connectivity index (χ1v) is 11.2. The van der Waals surface area contributed by atoms with Crippen LogP contribution in [0.1, 0.15) is 64.2 Å². The van der Waals surface area contributed by atoms with Crippen LogP contribution in [0.5, 0.6) is 0 Å². The van der Waals surface area contributed by atoms with Crippen LogP contribution < -0.4 is 0 Å². The molecule has 1 fully saturated rings. The van der Waals surface area contributed by atoms with Crippen LogP contribution in [0.3, 0.4) is 0 Å². The minimum Gasteiger partial charge on any atom is -0.462 e. The largest absolute Gasteiger partial charge is 0.462 e. The molecule has 0 bridgehead atoms. The van der Waals surface area contributed by atoms with Gasteiger partial charge in [-0.1, -0.05) is 45.2 Å². The highest BCUT2D eigenvalue weighted by atomic mass is 127. The van der Waals surface area contributed by atoms with E-state index in [0.29, 0.717) is 19.3 Å². The van der Waals surface area contributed by atoms with Crippen LogP contribution in [-0.2, 0) is 19.1 Å². The number of ether oxygens (including phenoxy) is 2. The molecule has 0 N–H and O–H groups in total. The van der Waals surface area contributed by atoms with Gasteiger partial charge in [-0.25, -0.2) is 0 Å². The molecule has 1 aliphatic carbocycles. The van der Waals surface area contributed by atoms with Crippen LogP contribution in [-0.4, -0.2) is 33.0 Å². The summed E-state index contributed by atoms with van der Waals surface area (Å²) in [5.41, 5.74) is 0. The van der Waals surface area contributed by atoms with Crippen LogP contribution in [0, 0.1) is 0 Å². The summed E-state index contributed by atoms with van der Waals surface area (Å²) < 4.78 is 13.2. The molecule has 128 valence electrons. The van der Waals surface area contributed by atoms with Crippen molar-refractivity contribution in [1.82, 2.24) is 0 Å². The Kier molecular flexibility index (Phi) is 11.9. The van der Waals surface area contributed by atoms with Crippen molar-refractivity contribution in [2.24, 2.45) is 0 Å². The number of carbonyl (C=O) groups is 2. The van der Waals surface area contributed by atoms with Crippen molar-refractivity contribution in [3.8, 4) is 0 Å². The summed E-state index contributed by atoms with van der Waals surface area (Å²) in [4.78, 5) is 23.5. The molecule has 0 saturated heterocycles. The highest BCUT2D eigenvalue weighted by Crippen LogP contribution is 2.24. The molecule has 0 heterocycles. The summed E-state index contributed by atoms with van der Waals surface area (Å²) in [5, 5.41) is 0. The van der Waals surface area contributed by atoms with Gasteiger partial charge >= 0.3 is 11.9 Å². The predicted octanol–water partition coefficient (Wildman–Crippen LogP) is 4.59. The Labute approximate surface area is 160 Å². The van der Waals surface area contributed by atoms with Crippen molar-refractivity contribution in [3.05, 3.63) is 0 Å². The molecule has 0 aromatic heterocycles. The van der Waals surface area contributed by atoms with Gasteiger partial charge in [0, 0.05) is 19.3 Å². The number of esters is 2. The number of unbranched alkanes of at least 4 members (excludes halogenated alkanes) is 2. The summed E-state index contributed by atoms with van der Waals surface area (Å²) in [5.74, 6) is -0.215. The smallest absolute Gasteiger partial charge is 0.306 e. The second-order valence-corrected chi connectivity index (χ2v) is 7.84. The molecule has 6 heteroatoms. The van der Waals surface area contributed by atoms with Gasteiger partial charge in [0.1, 0.15) is 12.2 Å². The molecule has 0 aliphatic heterocycles. The van der Waals surface area contributed by atoms with Crippen LogP contribution in [0.25, 0.3) is 0 Å². The van der Waals surface area contributed by atoms with E-state index in [4.69, 9.17) is 9.47 Å². The van der Waals surface area contributed by atoms with Crippen molar-refractivity contribution in [3.63, 3.8) is 0 Å². The summed E-state index contributed by atoms with van der Waals surface area (Å²) in [6.45, 7) is 0. The SMILES string of the molecule is O=C(CCCCI)OC1CCCC(OC(=O)CCCCI)C1. The minimum absolute atomic E-state index is 0.0759. The number of carbonyl (C=O) groups excluding carboxylic acids is 2. The molecule has 4 nitrogen and oxygen atoms in total. The second-order valence-electron chi connectivity index (χ2n) is 5.68. The van der Waals surface area contributed by atoms with Crippen molar-refractivity contribution < 1.29 is 19.1 Å². The third-order valence-electron chi connectivity index (χ3n) is 3.70. The first-order valence-electron chi connectivity index (χ1n) is 8.16. The van der Waals surface area contributed by atoms with Crippen molar-refractivity contribution in [2.45, 2.75) is 76.4 Å². The first kappa shape index (κ1) is 20.4. The standard InChI is InChI=1S/C16H26I2O4/c17-10-3-1-8-15(19)21-13-6-5-7-14(12-13)22-16(20)9-2-4-11-18/h13-14H,1-12H2. The first-order chi connectivity index (χ1) is 10.7. The van der Waals surface area contributed by atoms with Gasteiger partial charge in [0.05, 0.1) is 0 Å². The summed E-state index contributed by atoms with van der Waals surface area (Å²) in [6.07, 6.45) is 8.14. The number of alkyl halides is 2. The molecular weight excluding hydrogens is 510 g/mol. The molecule has 0 spiro atoms. The lowest BCUT2D eigenvalue weighted by atomic mass is 9.94. The van der Waals surface area contributed by atoms with Crippen LogP contribution in [0.4, 0.5) is 0 Å². The Morgan fingerprint density at radius 1 is 0.818 bits per heavy atom. The third-order valence-corrected chi connectivity index (χ3v) is 5.23. The van der Waals surface area contributed by atoms with E-state index >= 15 is 0 Å². The zero-order valence-corrected chi connectivity index (χ0v) is 17.3. The highest BCUT2D eigenvalue weighted by molar-refractivity contribution is 14.1. The van der Waals surface area contributed by atoms with Crippen LogP contribution >= 0.6 is 45.2 Å². The lowest BCUT2D eigenvalue weighted by Gasteiger charge is -2.28. The summed E-state index contributed by atoms with van der Waals surface area (Å²) >= 11 is 4.63. The Morgan fingerprint density at radius 2 is 1.27 bits per heavy atom. The van der Waals surface area contributed by atoms with E-state index in [9.17, 15) is 9.59 Å². The maximum absolute atomic E-state index is 11.8. The van der Waals surface area contributed by atoms with Gasteiger partial charge in [0.25, 0.3) is 0 Å². The molecule has 2 unspecified atom stereocenters. The quantitative estimate of drug-likeness (QED) is 0.178. The van der Waals surface area contributed by atoms with E-state index in [0.717, 1.165) is 53.8 Å². The molecule has 0 amide bonds. The minimum atomic E-state index is -0.108. The fourth-order valence-corrected chi connectivity index (χ4v) is 3.61. The van der Waals surface area contributed by atoms with E-state index in [1.165, 1.54) is 0 Å².